The van der Waals surface area contributed by atoms with Gasteiger partial charge < -0.3 is 9.64 Å². The SMILES string of the molecule is COc1cnc(N2CCN(CCCN3C(=O)c4ccccc4S3(=O)=O)CC2)nc1. The summed E-state index contributed by atoms with van der Waals surface area (Å²) < 4.78 is 31.2. The van der Waals surface area contributed by atoms with Crippen LogP contribution in [0.15, 0.2) is 41.6 Å². The van der Waals surface area contributed by atoms with Crippen LogP contribution in [-0.4, -0.2) is 79.9 Å². The van der Waals surface area contributed by atoms with E-state index in [-0.39, 0.29) is 17.0 Å². The number of nitrogens with zero attached hydrogens (tertiary/aromatic N) is 5. The first-order valence-corrected chi connectivity index (χ1v) is 10.9. The Kier molecular flexibility index (Phi) is 5.37. The van der Waals surface area contributed by atoms with Gasteiger partial charge in [0.1, 0.15) is 4.90 Å². The summed E-state index contributed by atoms with van der Waals surface area (Å²) in [4.78, 5) is 25.6. The van der Waals surface area contributed by atoms with Crippen molar-refractivity contribution in [3.8, 4) is 5.75 Å². The highest BCUT2D eigenvalue weighted by molar-refractivity contribution is 7.90. The average Bonchev–Trinajstić information content (AvgIpc) is 2.95. The molecule has 0 aliphatic carbocycles. The van der Waals surface area contributed by atoms with Crippen molar-refractivity contribution in [3.05, 3.63) is 42.2 Å². The molecule has 9 nitrogen and oxygen atoms in total. The predicted octanol–water partition coefficient (Wildman–Crippen LogP) is 0.842. The number of hydrogen-bond acceptors (Lipinski definition) is 8. The van der Waals surface area contributed by atoms with Crippen molar-refractivity contribution in [1.29, 1.82) is 0 Å². The number of fused-ring (bicyclic) bond motifs is 1. The summed E-state index contributed by atoms with van der Waals surface area (Å²) in [6, 6.07) is 6.37. The van der Waals surface area contributed by atoms with Crippen molar-refractivity contribution < 1.29 is 17.9 Å². The number of rotatable bonds is 6. The molecule has 1 fully saturated rings. The van der Waals surface area contributed by atoms with Crippen molar-refractivity contribution in [2.24, 2.45) is 0 Å². The number of carbonyl (C=O) groups excluding carboxylic acids is 1. The van der Waals surface area contributed by atoms with Gasteiger partial charge in [0.25, 0.3) is 15.9 Å². The van der Waals surface area contributed by atoms with Crippen LogP contribution in [0.2, 0.25) is 0 Å². The van der Waals surface area contributed by atoms with E-state index < -0.39 is 15.9 Å². The van der Waals surface area contributed by atoms with Crippen LogP contribution in [0.25, 0.3) is 0 Å². The minimum Gasteiger partial charge on any atom is -0.494 e. The Morgan fingerprint density at radius 1 is 1.03 bits per heavy atom. The van der Waals surface area contributed by atoms with Gasteiger partial charge in [0.15, 0.2) is 5.75 Å². The zero-order chi connectivity index (χ0) is 20.4. The molecule has 1 aromatic heterocycles. The third-order valence-corrected chi connectivity index (χ3v) is 7.09. The molecule has 2 aromatic rings. The Hall–Kier alpha value is -2.72. The monoisotopic (exact) mass is 417 g/mol. The molecule has 1 aromatic carbocycles. The molecular weight excluding hydrogens is 394 g/mol. The van der Waals surface area contributed by atoms with Gasteiger partial charge in [0.2, 0.25) is 5.95 Å². The molecular formula is C19H23N5O4S. The molecule has 0 N–H and O–H groups in total. The van der Waals surface area contributed by atoms with E-state index in [2.05, 4.69) is 19.8 Å². The molecule has 2 aliphatic rings. The summed E-state index contributed by atoms with van der Waals surface area (Å²) in [6.07, 6.45) is 3.90. The van der Waals surface area contributed by atoms with E-state index in [9.17, 15) is 13.2 Å². The molecule has 2 aliphatic heterocycles. The van der Waals surface area contributed by atoms with E-state index in [0.717, 1.165) is 37.0 Å². The summed E-state index contributed by atoms with van der Waals surface area (Å²) in [6.45, 7) is 4.16. The van der Waals surface area contributed by atoms with Crippen molar-refractivity contribution in [3.63, 3.8) is 0 Å². The number of benzene rings is 1. The standard InChI is InChI=1S/C19H23N5O4S/c1-28-15-13-20-19(21-14-15)23-11-9-22(10-12-23)7-4-8-24-18(25)16-5-2-3-6-17(16)29(24,26)27/h2-3,5-6,13-14H,4,7-12H2,1H3. The third-order valence-electron chi connectivity index (χ3n) is 5.25. The van der Waals surface area contributed by atoms with Gasteiger partial charge in [-0.05, 0) is 18.6 Å². The molecule has 0 radical (unpaired) electrons. The first-order valence-electron chi connectivity index (χ1n) is 9.50. The average molecular weight is 417 g/mol. The molecule has 1 amide bonds. The largest absolute Gasteiger partial charge is 0.494 e. The van der Waals surface area contributed by atoms with Crippen LogP contribution in [0.3, 0.4) is 0 Å². The van der Waals surface area contributed by atoms with Gasteiger partial charge in [0.05, 0.1) is 25.1 Å². The molecule has 3 heterocycles. The first kappa shape index (κ1) is 19.6. The summed E-state index contributed by atoms with van der Waals surface area (Å²) in [5, 5.41) is 0. The Morgan fingerprint density at radius 2 is 1.72 bits per heavy atom. The number of methoxy groups -OCH3 is 1. The molecule has 4 rings (SSSR count). The van der Waals surface area contributed by atoms with Gasteiger partial charge in [-0.2, -0.15) is 0 Å². The van der Waals surface area contributed by atoms with Crippen molar-refractivity contribution in [1.82, 2.24) is 19.2 Å². The zero-order valence-electron chi connectivity index (χ0n) is 16.2. The normalized spacial score (nSPS) is 18.7. The molecule has 1 saturated heterocycles. The van der Waals surface area contributed by atoms with Gasteiger partial charge in [-0.3, -0.25) is 9.69 Å². The second kappa shape index (κ2) is 7.96. The predicted molar refractivity (Wildman–Crippen MR) is 107 cm³/mol. The third kappa shape index (κ3) is 3.77. The van der Waals surface area contributed by atoms with Crippen LogP contribution in [0.5, 0.6) is 5.75 Å². The Labute approximate surface area is 170 Å². The van der Waals surface area contributed by atoms with Gasteiger partial charge in [-0.1, -0.05) is 12.1 Å². The maximum atomic E-state index is 12.6. The lowest BCUT2D eigenvalue weighted by molar-refractivity contribution is 0.0866. The van der Waals surface area contributed by atoms with Gasteiger partial charge in [-0.15, -0.1) is 0 Å². The van der Waals surface area contributed by atoms with E-state index in [0.29, 0.717) is 18.1 Å². The molecule has 0 atom stereocenters. The van der Waals surface area contributed by atoms with Gasteiger partial charge >= 0.3 is 0 Å². The van der Waals surface area contributed by atoms with E-state index in [1.54, 1.807) is 37.7 Å². The van der Waals surface area contributed by atoms with Gasteiger partial charge in [-0.25, -0.2) is 22.7 Å². The second-order valence-electron chi connectivity index (χ2n) is 6.98. The van der Waals surface area contributed by atoms with Crippen LogP contribution < -0.4 is 9.64 Å². The number of piperazine rings is 1. The van der Waals surface area contributed by atoms with Crippen LogP contribution in [0, 0.1) is 0 Å². The second-order valence-corrected chi connectivity index (χ2v) is 8.81. The highest BCUT2D eigenvalue weighted by atomic mass is 32.2. The highest BCUT2D eigenvalue weighted by Gasteiger charge is 2.40. The molecule has 0 unspecified atom stereocenters. The molecule has 0 spiro atoms. The first-order chi connectivity index (χ1) is 14.0. The number of hydrogen-bond donors (Lipinski definition) is 0. The van der Waals surface area contributed by atoms with Crippen LogP contribution in [-0.2, 0) is 10.0 Å². The lowest BCUT2D eigenvalue weighted by Gasteiger charge is -2.34. The summed E-state index contributed by atoms with van der Waals surface area (Å²) in [5.74, 6) is 0.875. The van der Waals surface area contributed by atoms with Gasteiger partial charge in [0, 0.05) is 39.3 Å². The maximum absolute atomic E-state index is 12.6. The van der Waals surface area contributed by atoms with E-state index in [4.69, 9.17) is 4.74 Å². The fraction of sp³-hybridized carbons (Fsp3) is 0.421. The van der Waals surface area contributed by atoms with Crippen molar-refractivity contribution in [2.45, 2.75) is 11.3 Å². The van der Waals surface area contributed by atoms with E-state index in [1.165, 1.54) is 6.07 Å². The number of anilines is 1. The summed E-state index contributed by atoms with van der Waals surface area (Å²) in [5.41, 5.74) is 0.264. The zero-order valence-corrected chi connectivity index (χ0v) is 17.0. The number of ether oxygens (including phenoxy) is 1. The van der Waals surface area contributed by atoms with Crippen LogP contribution in [0.4, 0.5) is 5.95 Å². The lowest BCUT2D eigenvalue weighted by atomic mass is 10.2. The Morgan fingerprint density at radius 3 is 2.38 bits per heavy atom. The quantitative estimate of drug-likeness (QED) is 0.682. The maximum Gasteiger partial charge on any atom is 0.269 e. The minimum absolute atomic E-state index is 0.109. The molecule has 10 heteroatoms. The van der Waals surface area contributed by atoms with E-state index in [1.807, 2.05) is 0 Å². The number of carbonyl (C=O) groups is 1. The fourth-order valence-electron chi connectivity index (χ4n) is 3.64. The number of amides is 1. The molecule has 154 valence electrons. The molecule has 0 saturated carbocycles. The summed E-state index contributed by atoms with van der Waals surface area (Å²) in [7, 11) is -2.14. The van der Waals surface area contributed by atoms with E-state index >= 15 is 0 Å². The Balaban J connectivity index is 1.28. The smallest absolute Gasteiger partial charge is 0.269 e. The number of sulfonamides is 1. The summed E-state index contributed by atoms with van der Waals surface area (Å²) >= 11 is 0. The fourth-order valence-corrected chi connectivity index (χ4v) is 5.25. The number of aromatic nitrogens is 2. The molecule has 0 bridgehead atoms. The van der Waals surface area contributed by atoms with Crippen LogP contribution in [0.1, 0.15) is 16.8 Å². The lowest BCUT2D eigenvalue weighted by Crippen LogP contribution is -2.47. The van der Waals surface area contributed by atoms with Crippen molar-refractivity contribution in [2.75, 3.05) is 51.3 Å². The topological polar surface area (TPSA) is 95.9 Å². The highest BCUT2D eigenvalue weighted by Crippen LogP contribution is 2.29. The van der Waals surface area contributed by atoms with Crippen LogP contribution >= 0.6 is 0 Å². The molecule has 29 heavy (non-hydrogen) atoms. The Bertz CT molecular complexity index is 988. The van der Waals surface area contributed by atoms with Crippen molar-refractivity contribution >= 4 is 21.9 Å². The minimum atomic E-state index is -3.72.